The van der Waals surface area contributed by atoms with Crippen LogP contribution in [0.25, 0.3) is 0 Å². The molecule has 0 amide bonds. The summed E-state index contributed by atoms with van der Waals surface area (Å²) in [6.45, 7) is 0. The Kier molecular flexibility index (Phi) is 4.58. The number of carbonyl (C=O) groups is 3. The average Bonchev–Trinajstić information content (AvgIpc) is 2.72. The predicted molar refractivity (Wildman–Crippen MR) is 107 cm³/mol. The van der Waals surface area contributed by atoms with E-state index in [1.807, 2.05) is 0 Å². The van der Waals surface area contributed by atoms with E-state index >= 15 is 0 Å². The van der Waals surface area contributed by atoms with Crippen LogP contribution < -0.4 is 0 Å². The molecule has 0 saturated heterocycles. The lowest BCUT2D eigenvalue weighted by Crippen LogP contribution is -2.45. The predicted octanol–water partition coefficient (Wildman–Crippen LogP) is 4.33. The van der Waals surface area contributed by atoms with Gasteiger partial charge in [-0.2, -0.15) is 0 Å². The van der Waals surface area contributed by atoms with E-state index in [0.717, 1.165) is 0 Å². The molecule has 28 heavy (non-hydrogen) atoms. The number of allylic oxidation sites excluding steroid dienone is 2. The molecular weight excluding hydrogens is 399 g/mol. The average molecular weight is 413 g/mol. The van der Waals surface area contributed by atoms with Crippen LogP contribution in [-0.2, 0) is 4.74 Å². The summed E-state index contributed by atoms with van der Waals surface area (Å²) < 4.78 is 5.35. The standard InChI is InChI=1S/C22H14Cl2O4/c1-28-17-11-12(23)9-10-22(17,24)21(27)16-8-4-7-15-18(16)20(26)14-6-3-2-5-13(14)19(15)25/h2-11,17H,1H3. The van der Waals surface area contributed by atoms with E-state index < -0.39 is 16.8 Å². The van der Waals surface area contributed by atoms with Crippen molar-refractivity contribution in [1.29, 1.82) is 0 Å². The van der Waals surface area contributed by atoms with E-state index in [0.29, 0.717) is 10.6 Å². The molecule has 2 aromatic rings. The quantitative estimate of drug-likeness (QED) is 0.474. The van der Waals surface area contributed by atoms with Crippen molar-refractivity contribution < 1.29 is 19.1 Å². The molecule has 0 radical (unpaired) electrons. The molecule has 0 aromatic heterocycles. The first kappa shape index (κ1) is 18.8. The summed E-state index contributed by atoms with van der Waals surface area (Å²) in [5, 5.41) is 0.395. The van der Waals surface area contributed by atoms with Gasteiger partial charge in [0.15, 0.2) is 22.2 Å². The number of Topliss-reactive ketones (excluding diaryl/α,β-unsaturated/α-hetero) is 1. The summed E-state index contributed by atoms with van der Waals surface area (Å²) >= 11 is 12.7. The molecule has 4 nitrogen and oxygen atoms in total. The van der Waals surface area contributed by atoms with Gasteiger partial charge in [-0.3, -0.25) is 14.4 Å². The molecule has 0 N–H and O–H groups in total. The van der Waals surface area contributed by atoms with E-state index in [-0.39, 0.29) is 33.8 Å². The van der Waals surface area contributed by atoms with Crippen LogP contribution in [0.1, 0.15) is 42.2 Å². The van der Waals surface area contributed by atoms with Gasteiger partial charge < -0.3 is 4.74 Å². The Hall–Kier alpha value is -2.53. The largest absolute Gasteiger partial charge is 0.375 e. The molecule has 2 aliphatic rings. The number of hydrogen-bond donors (Lipinski definition) is 0. The summed E-state index contributed by atoms with van der Waals surface area (Å²) in [5.41, 5.74) is 0.942. The van der Waals surface area contributed by atoms with Gasteiger partial charge in [0.25, 0.3) is 0 Å². The molecule has 0 spiro atoms. The topological polar surface area (TPSA) is 60.4 Å². The third-order valence-electron chi connectivity index (χ3n) is 5.01. The van der Waals surface area contributed by atoms with Crippen molar-refractivity contribution in [3.63, 3.8) is 0 Å². The maximum Gasteiger partial charge on any atom is 0.195 e. The fourth-order valence-electron chi connectivity index (χ4n) is 3.60. The minimum atomic E-state index is -1.58. The van der Waals surface area contributed by atoms with Gasteiger partial charge in [-0.1, -0.05) is 60.1 Å². The zero-order valence-electron chi connectivity index (χ0n) is 14.7. The Morgan fingerprint density at radius 3 is 2.32 bits per heavy atom. The van der Waals surface area contributed by atoms with Crippen LogP contribution in [0.15, 0.2) is 65.7 Å². The minimum absolute atomic E-state index is 0.0696. The van der Waals surface area contributed by atoms with Crippen molar-refractivity contribution in [3.05, 3.63) is 93.5 Å². The molecule has 4 rings (SSSR count). The van der Waals surface area contributed by atoms with Crippen molar-refractivity contribution >= 4 is 40.6 Å². The van der Waals surface area contributed by atoms with E-state index in [1.54, 1.807) is 36.4 Å². The minimum Gasteiger partial charge on any atom is -0.375 e. The van der Waals surface area contributed by atoms with Crippen LogP contribution in [-0.4, -0.2) is 35.4 Å². The first-order valence-corrected chi connectivity index (χ1v) is 9.28. The molecule has 0 bridgehead atoms. The van der Waals surface area contributed by atoms with Gasteiger partial charge in [-0.25, -0.2) is 0 Å². The van der Waals surface area contributed by atoms with E-state index in [9.17, 15) is 14.4 Å². The van der Waals surface area contributed by atoms with Crippen LogP contribution in [0.4, 0.5) is 0 Å². The number of halogens is 2. The SMILES string of the molecule is COC1C=C(Cl)C=CC1(Cl)C(=O)c1cccc2c1C(=O)c1ccccc1C2=O. The molecule has 2 aromatic carbocycles. The van der Waals surface area contributed by atoms with Gasteiger partial charge in [0, 0.05) is 40.0 Å². The first-order valence-electron chi connectivity index (χ1n) is 8.53. The van der Waals surface area contributed by atoms with E-state index in [1.165, 1.54) is 31.4 Å². The molecule has 6 heteroatoms. The van der Waals surface area contributed by atoms with E-state index in [4.69, 9.17) is 27.9 Å². The summed E-state index contributed by atoms with van der Waals surface area (Å²) in [4.78, 5) is 37.9. The summed E-state index contributed by atoms with van der Waals surface area (Å²) in [6, 6.07) is 11.2. The summed E-state index contributed by atoms with van der Waals surface area (Å²) in [7, 11) is 1.42. The van der Waals surface area contributed by atoms with Gasteiger partial charge in [0.2, 0.25) is 0 Å². The second-order valence-corrected chi connectivity index (χ2v) is 7.63. The lowest BCUT2D eigenvalue weighted by atomic mass is 9.78. The number of alkyl halides is 1. The zero-order chi connectivity index (χ0) is 20.1. The van der Waals surface area contributed by atoms with Crippen LogP contribution in [0.3, 0.4) is 0 Å². The van der Waals surface area contributed by atoms with E-state index in [2.05, 4.69) is 0 Å². The zero-order valence-corrected chi connectivity index (χ0v) is 16.3. The monoisotopic (exact) mass is 412 g/mol. The van der Waals surface area contributed by atoms with Gasteiger partial charge >= 0.3 is 0 Å². The first-order chi connectivity index (χ1) is 13.4. The molecular formula is C22H14Cl2O4. The summed E-state index contributed by atoms with van der Waals surface area (Å²) in [5.74, 6) is -1.21. The molecule has 2 atom stereocenters. The maximum absolute atomic E-state index is 13.4. The van der Waals surface area contributed by atoms with Gasteiger partial charge in [0.05, 0.1) is 0 Å². The normalized spacial score (nSPS) is 23.1. The van der Waals surface area contributed by atoms with Crippen LogP contribution >= 0.6 is 23.2 Å². The van der Waals surface area contributed by atoms with Crippen molar-refractivity contribution in [3.8, 4) is 0 Å². The fraction of sp³-hybridized carbons (Fsp3) is 0.136. The molecule has 2 unspecified atom stereocenters. The lowest BCUT2D eigenvalue weighted by Gasteiger charge is -2.32. The van der Waals surface area contributed by atoms with Crippen molar-refractivity contribution in [2.24, 2.45) is 0 Å². The second-order valence-electron chi connectivity index (χ2n) is 6.57. The Morgan fingerprint density at radius 1 is 1.00 bits per heavy atom. The van der Waals surface area contributed by atoms with Gasteiger partial charge in [-0.05, 0) is 12.2 Å². The Bertz CT molecular complexity index is 1100. The molecule has 0 saturated carbocycles. The van der Waals surface area contributed by atoms with Crippen LogP contribution in [0.5, 0.6) is 0 Å². The highest BCUT2D eigenvalue weighted by Crippen LogP contribution is 2.37. The fourth-order valence-corrected chi connectivity index (χ4v) is 4.10. The number of rotatable bonds is 3. The smallest absolute Gasteiger partial charge is 0.195 e. The number of hydrogen-bond acceptors (Lipinski definition) is 4. The van der Waals surface area contributed by atoms with Crippen LogP contribution in [0, 0.1) is 0 Å². The van der Waals surface area contributed by atoms with Crippen LogP contribution in [0.2, 0.25) is 0 Å². The molecule has 2 aliphatic carbocycles. The van der Waals surface area contributed by atoms with Gasteiger partial charge in [-0.15, -0.1) is 11.6 Å². The van der Waals surface area contributed by atoms with Crippen molar-refractivity contribution in [2.75, 3.05) is 7.11 Å². The number of ketones is 3. The third-order valence-corrected chi connectivity index (χ3v) is 5.77. The third kappa shape index (κ3) is 2.68. The maximum atomic E-state index is 13.4. The number of carbonyl (C=O) groups excluding carboxylic acids is 3. The lowest BCUT2D eigenvalue weighted by molar-refractivity contribution is 0.0767. The molecule has 0 heterocycles. The highest BCUT2D eigenvalue weighted by atomic mass is 35.5. The number of methoxy groups -OCH3 is 1. The Labute approximate surface area is 171 Å². The second kappa shape index (κ2) is 6.82. The van der Waals surface area contributed by atoms with Crippen molar-refractivity contribution in [1.82, 2.24) is 0 Å². The molecule has 0 fully saturated rings. The Balaban J connectivity index is 1.88. The number of ether oxygens (including phenoxy) is 1. The Morgan fingerprint density at radius 2 is 1.64 bits per heavy atom. The van der Waals surface area contributed by atoms with Gasteiger partial charge in [0.1, 0.15) is 6.10 Å². The molecule has 0 aliphatic heterocycles. The number of benzene rings is 2. The highest BCUT2D eigenvalue weighted by molar-refractivity contribution is 6.43. The number of fused-ring (bicyclic) bond motifs is 2. The van der Waals surface area contributed by atoms with Crippen molar-refractivity contribution in [2.45, 2.75) is 11.0 Å². The highest BCUT2D eigenvalue weighted by Gasteiger charge is 2.45. The molecule has 140 valence electrons. The summed E-state index contributed by atoms with van der Waals surface area (Å²) in [6.07, 6.45) is 3.68.